The number of nitro groups is 1. The lowest BCUT2D eigenvalue weighted by Gasteiger charge is -2.32. The maximum atomic E-state index is 13.3. The summed E-state index contributed by atoms with van der Waals surface area (Å²) in [4.78, 5) is 35.8. The van der Waals surface area contributed by atoms with Crippen LogP contribution in [-0.4, -0.2) is 40.8 Å². The van der Waals surface area contributed by atoms with Gasteiger partial charge in [-0.15, -0.1) is 0 Å². The molecule has 0 aromatic heterocycles. The van der Waals surface area contributed by atoms with Crippen LogP contribution in [0.15, 0.2) is 18.2 Å². The normalized spacial score (nSPS) is 16.1. The zero-order chi connectivity index (χ0) is 17.0. The third kappa shape index (κ3) is 4.02. The van der Waals surface area contributed by atoms with Gasteiger partial charge in [-0.1, -0.05) is 0 Å². The fourth-order valence-electron chi connectivity index (χ4n) is 2.59. The van der Waals surface area contributed by atoms with Crippen LogP contribution in [0.5, 0.6) is 0 Å². The predicted octanol–water partition coefficient (Wildman–Crippen LogP) is 1.86. The fourth-order valence-corrected chi connectivity index (χ4v) is 2.59. The van der Waals surface area contributed by atoms with Crippen molar-refractivity contribution < 1.29 is 18.9 Å². The summed E-state index contributed by atoms with van der Waals surface area (Å²) in [5.41, 5.74) is -0.780. The molecule has 1 saturated heterocycles. The zero-order valence-electron chi connectivity index (χ0n) is 12.8. The van der Waals surface area contributed by atoms with Crippen molar-refractivity contribution in [2.75, 3.05) is 13.1 Å². The number of hydrogen-bond donors (Lipinski definition) is 1. The van der Waals surface area contributed by atoms with E-state index in [4.69, 9.17) is 0 Å². The number of likely N-dealkylation sites (tertiary alicyclic amines) is 1. The first-order valence-electron chi connectivity index (χ1n) is 7.41. The number of nitro benzene ring substituents is 1. The molecule has 0 saturated carbocycles. The Bertz CT molecular complexity index is 635. The Balaban J connectivity index is 2.03. The number of nitrogens with zero attached hydrogens (tertiary/aromatic N) is 2. The van der Waals surface area contributed by atoms with Gasteiger partial charge in [0.15, 0.2) is 0 Å². The van der Waals surface area contributed by atoms with Crippen LogP contribution in [0.25, 0.3) is 0 Å². The Labute approximate surface area is 132 Å². The zero-order valence-corrected chi connectivity index (χ0v) is 12.8. The van der Waals surface area contributed by atoms with E-state index in [1.807, 2.05) is 0 Å². The van der Waals surface area contributed by atoms with E-state index in [1.54, 1.807) is 11.8 Å². The molecule has 0 spiro atoms. The van der Waals surface area contributed by atoms with Crippen molar-refractivity contribution in [1.29, 1.82) is 0 Å². The third-order valence-electron chi connectivity index (χ3n) is 3.85. The highest BCUT2D eigenvalue weighted by Gasteiger charge is 2.25. The Kier molecular flexibility index (Phi) is 5.25. The van der Waals surface area contributed by atoms with E-state index in [1.165, 1.54) is 0 Å². The van der Waals surface area contributed by atoms with Crippen molar-refractivity contribution >= 4 is 17.5 Å². The Morgan fingerprint density at radius 2 is 2.22 bits per heavy atom. The van der Waals surface area contributed by atoms with Crippen LogP contribution in [0.3, 0.4) is 0 Å². The maximum absolute atomic E-state index is 13.3. The topological polar surface area (TPSA) is 92.5 Å². The van der Waals surface area contributed by atoms with E-state index in [2.05, 4.69) is 5.32 Å². The van der Waals surface area contributed by atoms with Crippen molar-refractivity contribution in [3.05, 3.63) is 39.7 Å². The second kappa shape index (κ2) is 7.17. The molecule has 1 aromatic rings. The Morgan fingerprint density at radius 1 is 1.48 bits per heavy atom. The van der Waals surface area contributed by atoms with Crippen LogP contribution < -0.4 is 5.32 Å². The molecule has 7 nitrogen and oxygen atoms in total. The van der Waals surface area contributed by atoms with Gasteiger partial charge in [0.05, 0.1) is 4.92 Å². The number of carbonyl (C=O) groups is 2. The lowest BCUT2D eigenvalue weighted by atomic mass is 10.1. The first-order valence-corrected chi connectivity index (χ1v) is 7.41. The second-order valence-corrected chi connectivity index (χ2v) is 5.52. The van der Waals surface area contributed by atoms with Crippen LogP contribution in [0.4, 0.5) is 10.1 Å². The van der Waals surface area contributed by atoms with Crippen LogP contribution in [-0.2, 0) is 4.79 Å². The predicted molar refractivity (Wildman–Crippen MR) is 80.4 cm³/mol. The molecule has 1 aromatic carbocycles. The molecule has 124 valence electrons. The second-order valence-electron chi connectivity index (χ2n) is 5.52. The number of nitrogens with one attached hydrogen (secondary N) is 1. The van der Waals surface area contributed by atoms with Gasteiger partial charge in [-0.25, -0.2) is 4.39 Å². The summed E-state index contributed by atoms with van der Waals surface area (Å²) in [6.07, 6.45) is 2.27. The number of carbonyl (C=O) groups excluding carboxylic acids is 2. The van der Waals surface area contributed by atoms with Gasteiger partial charge in [-0.2, -0.15) is 0 Å². The van der Waals surface area contributed by atoms with Gasteiger partial charge in [0.25, 0.3) is 11.6 Å². The molecule has 2 rings (SSSR count). The number of amides is 2. The summed E-state index contributed by atoms with van der Waals surface area (Å²) in [6.45, 7) is 2.58. The van der Waals surface area contributed by atoms with Crippen LogP contribution >= 0.6 is 0 Å². The quantitative estimate of drug-likeness (QED) is 0.661. The van der Waals surface area contributed by atoms with E-state index in [-0.39, 0.29) is 24.1 Å². The van der Waals surface area contributed by atoms with E-state index in [0.717, 1.165) is 31.0 Å². The molecule has 1 aliphatic heterocycles. The highest BCUT2D eigenvalue weighted by atomic mass is 19.1. The summed E-state index contributed by atoms with van der Waals surface area (Å²) in [6, 6.07) is 2.51. The molecular formula is C15H18FN3O4. The highest BCUT2D eigenvalue weighted by molar-refractivity contribution is 5.98. The van der Waals surface area contributed by atoms with Gasteiger partial charge < -0.3 is 10.2 Å². The van der Waals surface area contributed by atoms with Gasteiger partial charge in [-0.3, -0.25) is 19.7 Å². The molecule has 0 unspecified atom stereocenters. The molecule has 1 N–H and O–H groups in total. The molecule has 1 aliphatic rings. The average Bonchev–Trinajstić information content (AvgIpc) is 2.52. The van der Waals surface area contributed by atoms with Crippen molar-refractivity contribution in [2.24, 2.45) is 0 Å². The number of piperidine rings is 1. The molecule has 1 heterocycles. The standard InChI is InChI=1S/C15H18FN3O4/c1-10(18-7-3-2-4-14(18)20)9-17-15(21)12-8-11(16)5-6-13(12)19(22)23/h5-6,8,10H,2-4,7,9H2,1H3,(H,17,21)/t10-/m1/s1. The van der Waals surface area contributed by atoms with Crippen molar-refractivity contribution in [3.63, 3.8) is 0 Å². The summed E-state index contributed by atoms with van der Waals surface area (Å²) < 4.78 is 13.3. The summed E-state index contributed by atoms with van der Waals surface area (Å²) >= 11 is 0. The molecule has 2 amide bonds. The minimum Gasteiger partial charge on any atom is -0.350 e. The number of halogens is 1. The Hall–Kier alpha value is -2.51. The van der Waals surface area contributed by atoms with E-state index < -0.39 is 22.3 Å². The maximum Gasteiger partial charge on any atom is 0.282 e. The molecule has 8 heteroatoms. The van der Waals surface area contributed by atoms with Gasteiger partial charge >= 0.3 is 0 Å². The van der Waals surface area contributed by atoms with Gasteiger partial charge in [0.2, 0.25) is 5.91 Å². The molecular weight excluding hydrogens is 305 g/mol. The fraction of sp³-hybridized carbons (Fsp3) is 0.467. The molecule has 0 radical (unpaired) electrons. The van der Waals surface area contributed by atoms with Crippen molar-refractivity contribution in [3.8, 4) is 0 Å². The van der Waals surface area contributed by atoms with Gasteiger partial charge in [-0.05, 0) is 31.9 Å². The molecule has 0 aliphatic carbocycles. The van der Waals surface area contributed by atoms with Gasteiger partial charge in [0.1, 0.15) is 11.4 Å². The molecule has 1 fully saturated rings. The smallest absolute Gasteiger partial charge is 0.282 e. The minimum absolute atomic E-state index is 0.0368. The minimum atomic E-state index is -0.730. The van der Waals surface area contributed by atoms with Crippen LogP contribution in [0, 0.1) is 15.9 Å². The first kappa shape index (κ1) is 16.9. The molecule has 23 heavy (non-hydrogen) atoms. The van der Waals surface area contributed by atoms with E-state index in [0.29, 0.717) is 13.0 Å². The van der Waals surface area contributed by atoms with Crippen molar-refractivity contribution in [1.82, 2.24) is 10.2 Å². The van der Waals surface area contributed by atoms with Crippen LogP contribution in [0.1, 0.15) is 36.5 Å². The molecule has 0 bridgehead atoms. The monoisotopic (exact) mass is 323 g/mol. The van der Waals surface area contributed by atoms with E-state index >= 15 is 0 Å². The third-order valence-corrected chi connectivity index (χ3v) is 3.85. The van der Waals surface area contributed by atoms with Crippen molar-refractivity contribution in [2.45, 2.75) is 32.2 Å². The SMILES string of the molecule is C[C@H](CNC(=O)c1cc(F)ccc1[N+](=O)[O-])N1CCCCC1=O. The highest BCUT2D eigenvalue weighted by Crippen LogP contribution is 2.19. The summed E-state index contributed by atoms with van der Waals surface area (Å²) in [7, 11) is 0. The number of rotatable bonds is 5. The largest absolute Gasteiger partial charge is 0.350 e. The number of hydrogen-bond acceptors (Lipinski definition) is 4. The lowest BCUT2D eigenvalue weighted by Crippen LogP contribution is -2.47. The summed E-state index contributed by atoms with van der Waals surface area (Å²) in [5.74, 6) is -1.41. The van der Waals surface area contributed by atoms with Gasteiger partial charge in [0, 0.05) is 31.6 Å². The lowest BCUT2D eigenvalue weighted by molar-refractivity contribution is -0.385. The summed E-state index contributed by atoms with van der Waals surface area (Å²) in [5, 5.41) is 13.5. The Morgan fingerprint density at radius 3 is 2.87 bits per heavy atom. The number of benzene rings is 1. The molecule has 1 atom stereocenters. The first-order chi connectivity index (χ1) is 10.9. The van der Waals surface area contributed by atoms with Crippen LogP contribution in [0.2, 0.25) is 0 Å². The average molecular weight is 323 g/mol. The van der Waals surface area contributed by atoms with E-state index in [9.17, 15) is 24.1 Å².